The lowest BCUT2D eigenvalue weighted by atomic mass is 10.0. The van der Waals surface area contributed by atoms with Gasteiger partial charge in [-0.15, -0.1) is 24.0 Å². The molecule has 0 aliphatic carbocycles. The third kappa shape index (κ3) is 6.44. The fourth-order valence-electron chi connectivity index (χ4n) is 3.98. The van der Waals surface area contributed by atoms with E-state index < -0.39 is 0 Å². The van der Waals surface area contributed by atoms with Crippen LogP contribution >= 0.6 is 24.0 Å². The predicted octanol–water partition coefficient (Wildman–Crippen LogP) is 4.02. The Balaban J connectivity index is 0.00000289. The van der Waals surface area contributed by atoms with Crippen LogP contribution in [0.2, 0.25) is 0 Å². The highest BCUT2D eigenvalue weighted by atomic mass is 127. The number of nitrogens with one attached hydrogen (secondary N) is 2. The zero-order valence-electron chi connectivity index (χ0n) is 18.2. The van der Waals surface area contributed by atoms with E-state index in [-0.39, 0.29) is 35.8 Å². The van der Waals surface area contributed by atoms with Crippen molar-refractivity contribution in [2.45, 2.75) is 32.0 Å². The number of halogens is 2. The molecule has 2 N–H and O–H groups in total. The van der Waals surface area contributed by atoms with Gasteiger partial charge in [0, 0.05) is 50.8 Å². The number of anilines is 1. The van der Waals surface area contributed by atoms with Gasteiger partial charge in [-0.1, -0.05) is 36.4 Å². The van der Waals surface area contributed by atoms with Gasteiger partial charge in [0.1, 0.15) is 11.6 Å². The van der Waals surface area contributed by atoms with Gasteiger partial charge in [-0.25, -0.2) is 9.37 Å². The molecule has 1 saturated heterocycles. The molecule has 8 heteroatoms. The number of guanidine groups is 1. The molecule has 0 radical (unpaired) electrons. The first-order valence-corrected chi connectivity index (χ1v) is 10.7. The lowest BCUT2D eigenvalue weighted by molar-refractivity contribution is 0.467. The average Bonchev–Trinajstić information content (AvgIpc) is 3.24. The van der Waals surface area contributed by atoms with Crippen molar-refractivity contribution < 1.29 is 4.39 Å². The Labute approximate surface area is 206 Å². The Kier molecular flexibility index (Phi) is 8.90. The van der Waals surface area contributed by atoms with Crippen LogP contribution < -0.4 is 15.5 Å². The first-order valence-electron chi connectivity index (χ1n) is 10.7. The topological polar surface area (TPSA) is 57.5 Å². The summed E-state index contributed by atoms with van der Waals surface area (Å²) >= 11 is 0. The Bertz CT molecular complexity index is 1010. The molecule has 1 aliphatic heterocycles. The third-order valence-corrected chi connectivity index (χ3v) is 5.57. The Morgan fingerprint density at radius 1 is 1.19 bits per heavy atom. The third-order valence-electron chi connectivity index (χ3n) is 5.57. The van der Waals surface area contributed by atoms with Crippen LogP contribution in [0.5, 0.6) is 0 Å². The van der Waals surface area contributed by atoms with E-state index in [0.29, 0.717) is 6.54 Å². The van der Waals surface area contributed by atoms with Crippen molar-refractivity contribution >= 4 is 35.6 Å². The quantitative estimate of drug-likeness (QED) is 0.278. The molecular formula is C24H30FIN6. The summed E-state index contributed by atoms with van der Waals surface area (Å²) in [5.74, 6) is 1.51. The second kappa shape index (κ2) is 11.8. The normalized spacial score (nSPS) is 16.4. The van der Waals surface area contributed by atoms with Gasteiger partial charge in [0.05, 0.1) is 6.54 Å². The highest BCUT2D eigenvalue weighted by molar-refractivity contribution is 14.0. The van der Waals surface area contributed by atoms with Gasteiger partial charge in [0.15, 0.2) is 5.96 Å². The van der Waals surface area contributed by atoms with E-state index in [4.69, 9.17) is 0 Å². The molecule has 3 aromatic rings. The number of nitrogens with zero attached hydrogens (tertiary/aromatic N) is 4. The number of imidazole rings is 1. The summed E-state index contributed by atoms with van der Waals surface area (Å²) in [5, 5.41) is 6.90. The average molecular weight is 548 g/mol. The van der Waals surface area contributed by atoms with Crippen LogP contribution in [0.4, 0.5) is 10.1 Å². The standard InChI is InChI=1S/C24H29FN6.HI/c1-26-24(28-16-23-27-12-14-31(23)17-19-7-3-2-4-8-19)29-21-10-6-13-30(18-21)22-11-5-9-20(25)15-22;/h2-5,7-9,11-12,14-15,21H,6,10,13,16-18H2,1H3,(H2,26,28,29);1H. The number of piperidine rings is 1. The molecule has 1 atom stereocenters. The molecular weight excluding hydrogens is 518 g/mol. The van der Waals surface area contributed by atoms with E-state index in [2.05, 4.69) is 42.2 Å². The minimum Gasteiger partial charge on any atom is -0.369 e. The Morgan fingerprint density at radius 2 is 2.03 bits per heavy atom. The molecule has 6 nitrogen and oxygen atoms in total. The molecule has 0 bridgehead atoms. The molecule has 2 aromatic carbocycles. The highest BCUT2D eigenvalue weighted by Gasteiger charge is 2.21. The number of hydrogen-bond acceptors (Lipinski definition) is 3. The molecule has 1 unspecified atom stereocenters. The van der Waals surface area contributed by atoms with E-state index in [9.17, 15) is 4.39 Å². The molecule has 1 aromatic heterocycles. The van der Waals surface area contributed by atoms with Crippen LogP contribution in [0, 0.1) is 5.82 Å². The van der Waals surface area contributed by atoms with Crippen molar-refractivity contribution in [1.82, 2.24) is 20.2 Å². The molecule has 4 rings (SSSR count). The van der Waals surface area contributed by atoms with Crippen molar-refractivity contribution in [1.29, 1.82) is 0 Å². The second-order valence-electron chi connectivity index (χ2n) is 7.79. The van der Waals surface area contributed by atoms with Crippen LogP contribution in [0.15, 0.2) is 72.0 Å². The molecule has 0 amide bonds. The lowest BCUT2D eigenvalue weighted by Crippen LogP contribution is -2.51. The molecule has 1 aliphatic rings. The number of rotatable bonds is 6. The maximum absolute atomic E-state index is 13.6. The van der Waals surface area contributed by atoms with Crippen molar-refractivity contribution in [3.8, 4) is 0 Å². The predicted molar refractivity (Wildman–Crippen MR) is 138 cm³/mol. The maximum atomic E-state index is 13.6. The van der Waals surface area contributed by atoms with Gasteiger partial charge in [-0.2, -0.15) is 0 Å². The fourth-order valence-corrected chi connectivity index (χ4v) is 3.98. The summed E-state index contributed by atoms with van der Waals surface area (Å²) in [5.41, 5.74) is 2.17. The van der Waals surface area contributed by atoms with Gasteiger partial charge in [0.25, 0.3) is 0 Å². The molecule has 1 fully saturated rings. The van der Waals surface area contributed by atoms with Crippen LogP contribution in [0.1, 0.15) is 24.2 Å². The molecule has 2 heterocycles. The van der Waals surface area contributed by atoms with E-state index in [1.165, 1.54) is 11.6 Å². The zero-order valence-corrected chi connectivity index (χ0v) is 20.6. The number of aliphatic imine (C=N–C) groups is 1. The van der Waals surface area contributed by atoms with Crippen molar-refractivity contribution in [3.63, 3.8) is 0 Å². The first-order chi connectivity index (χ1) is 15.2. The summed E-state index contributed by atoms with van der Waals surface area (Å²) in [7, 11) is 1.78. The first kappa shape index (κ1) is 24.0. The molecule has 0 saturated carbocycles. The minimum absolute atomic E-state index is 0. The van der Waals surface area contributed by atoms with Crippen molar-refractivity contribution in [2.75, 3.05) is 25.0 Å². The van der Waals surface area contributed by atoms with E-state index in [0.717, 1.165) is 49.9 Å². The monoisotopic (exact) mass is 548 g/mol. The SMILES string of the molecule is CN=C(NCc1nccn1Cc1ccccc1)NC1CCCN(c2cccc(F)c2)C1.I. The van der Waals surface area contributed by atoms with Gasteiger partial charge in [-0.3, -0.25) is 4.99 Å². The summed E-state index contributed by atoms with van der Waals surface area (Å²) in [4.78, 5) is 11.1. The summed E-state index contributed by atoms with van der Waals surface area (Å²) in [6.07, 6.45) is 5.92. The minimum atomic E-state index is -0.198. The Morgan fingerprint density at radius 3 is 2.81 bits per heavy atom. The Hall–Kier alpha value is -2.62. The fraction of sp³-hybridized carbons (Fsp3) is 0.333. The van der Waals surface area contributed by atoms with E-state index in [1.54, 1.807) is 19.2 Å². The largest absolute Gasteiger partial charge is 0.369 e. The number of hydrogen-bond donors (Lipinski definition) is 2. The lowest BCUT2D eigenvalue weighted by Gasteiger charge is -2.35. The second-order valence-corrected chi connectivity index (χ2v) is 7.79. The zero-order chi connectivity index (χ0) is 21.5. The van der Waals surface area contributed by atoms with Crippen molar-refractivity contribution in [3.05, 3.63) is 84.2 Å². The van der Waals surface area contributed by atoms with Gasteiger partial charge < -0.3 is 20.1 Å². The van der Waals surface area contributed by atoms with Crippen LogP contribution in [-0.2, 0) is 13.1 Å². The molecule has 32 heavy (non-hydrogen) atoms. The molecule has 170 valence electrons. The van der Waals surface area contributed by atoms with Crippen LogP contribution in [0.25, 0.3) is 0 Å². The van der Waals surface area contributed by atoms with Gasteiger partial charge in [0.2, 0.25) is 0 Å². The van der Waals surface area contributed by atoms with Gasteiger partial charge >= 0.3 is 0 Å². The smallest absolute Gasteiger partial charge is 0.191 e. The van der Waals surface area contributed by atoms with Crippen LogP contribution in [-0.4, -0.2) is 41.7 Å². The van der Waals surface area contributed by atoms with Crippen molar-refractivity contribution in [2.24, 2.45) is 4.99 Å². The maximum Gasteiger partial charge on any atom is 0.191 e. The van der Waals surface area contributed by atoms with E-state index >= 15 is 0 Å². The number of benzene rings is 2. The number of aromatic nitrogens is 2. The molecule has 0 spiro atoms. The van der Waals surface area contributed by atoms with Gasteiger partial charge in [-0.05, 0) is 36.6 Å². The summed E-state index contributed by atoms with van der Waals surface area (Å²) in [6, 6.07) is 17.4. The van der Waals surface area contributed by atoms with Crippen LogP contribution in [0.3, 0.4) is 0 Å². The highest BCUT2D eigenvalue weighted by Crippen LogP contribution is 2.20. The summed E-state index contributed by atoms with van der Waals surface area (Å²) in [6.45, 7) is 3.12. The summed E-state index contributed by atoms with van der Waals surface area (Å²) < 4.78 is 15.8. The van der Waals surface area contributed by atoms with E-state index in [1.807, 2.05) is 36.7 Å².